The van der Waals surface area contributed by atoms with E-state index in [0.29, 0.717) is 12.1 Å². The smallest absolute Gasteiger partial charge is 0.0294 e. The molecule has 0 spiro atoms. The molecule has 1 aromatic carbocycles. The van der Waals surface area contributed by atoms with Crippen LogP contribution in [0.4, 0.5) is 0 Å². The second kappa shape index (κ2) is 7.61. The van der Waals surface area contributed by atoms with Gasteiger partial charge in [0.05, 0.1) is 0 Å². The van der Waals surface area contributed by atoms with Gasteiger partial charge in [-0.15, -0.1) is 11.8 Å². The molecule has 0 radical (unpaired) electrons. The second-order valence-electron chi connectivity index (χ2n) is 5.19. The Hall–Kier alpha value is -0.120. The quantitative estimate of drug-likeness (QED) is 0.762. The molecule has 3 atom stereocenters. The highest BCUT2D eigenvalue weighted by atomic mass is 32.2. The van der Waals surface area contributed by atoms with Crippen LogP contribution in [0.25, 0.3) is 0 Å². The van der Waals surface area contributed by atoms with Gasteiger partial charge in [0.15, 0.2) is 0 Å². The van der Waals surface area contributed by atoms with Crippen LogP contribution in [0.15, 0.2) is 29.2 Å². The van der Waals surface area contributed by atoms with Crippen LogP contribution in [-0.2, 0) is 0 Å². The Morgan fingerprint density at radius 3 is 2.63 bits per heavy atom. The van der Waals surface area contributed by atoms with Crippen LogP contribution in [0.5, 0.6) is 0 Å². The summed E-state index contributed by atoms with van der Waals surface area (Å²) in [5.74, 6) is 1.24. The van der Waals surface area contributed by atoms with E-state index in [1.165, 1.54) is 35.5 Å². The zero-order valence-electron chi connectivity index (χ0n) is 12.2. The number of rotatable bonds is 6. The lowest BCUT2D eigenvalue weighted by molar-refractivity contribution is 0.467. The highest BCUT2D eigenvalue weighted by Crippen LogP contribution is 2.31. The van der Waals surface area contributed by atoms with Crippen molar-refractivity contribution in [3.05, 3.63) is 29.8 Å². The molecular weight excluding hydrogens is 270 g/mol. The third-order valence-electron chi connectivity index (χ3n) is 3.91. The molecule has 0 aromatic heterocycles. The van der Waals surface area contributed by atoms with Crippen molar-refractivity contribution in [1.29, 1.82) is 0 Å². The summed E-state index contributed by atoms with van der Waals surface area (Å²) in [4.78, 5) is 1.34. The Kier molecular flexibility index (Phi) is 6.11. The van der Waals surface area contributed by atoms with Crippen LogP contribution in [0.2, 0.25) is 0 Å². The van der Waals surface area contributed by atoms with Gasteiger partial charge >= 0.3 is 0 Å². The highest BCUT2D eigenvalue weighted by molar-refractivity contribution is 7.99. The van der Waals surface area contributed by atoms with Crippen LogP contribution in [0.1, 0.15) is 44.7 Å². The third kappa shape index (κ3) is 4.17. The van der Waals surface area contributed by atoms with Crippen LogP contribution < -0.4 is 5.32 Å². The SMILES string of the molecule is CCSC1CCCC1NC(C)c1ccc(SC)cc1. The molecular formula is C16H25NS2. The third-order valence-corrected chi connectivity index (χ3v) is 5.98. The van der Waals surface area contributed by atoms with E-state index in [-0.39, 0.29) is 0 Å². The lowest BCUT2D eigenvalue weighted by atomic mass is 10.1. The fraction of sp³-hybridized carbons (Fsp3) is 0.625. The summed E-state index contributed by atoms with van der Waals surface area (Å²) < 4.78 is 0. The molecule has 0 aliphatic heterocycles. The van der Waals surface area contributed by atoms with E-state index < -0.39 is 0 Å². The van der Waals surface area contributed by atoms with Gasteiger partial charge in [0.25, 0.3) is 0 Å². The van der Waals surface area contributed by atoms with E-state index in [2.05, 4.69) is 61.4 Å². The zero-order chi connectivity index (χ0) is 13.7. The van der Waals surface area contributed by atoms with Crippen molar-refractivity contribution < 1.29 is 0 Å². The molecule has 0 amide bonds. The average molecular weight is 296 g/mol. The van der Waals surface area contributed by atoms with Gasteiger partial charge in [-0.05, 0) is 49.5 Å². The Morgan fingerprint density at radius 1 is 1.26 bits per heavy atom. The van der Waals surface area contributed by atoms with Gasteiger partial charge in [0, 0.05) is 22.2 Å². The molecule has 1 nitrogen and oxygen atoms in total. The summed E-state index contributed by atoms with van der Waals surface area (Å²) in [7, 11) is 0. The fourth-order valence-corrected chi connectivity index (χ4v) is 4.46. The van der Waals surface area contributed by atoms with E-state index in [1.807, 2.05) is 0 Å². The maximum atomic E-state index is 3.84. The van der Waals surface area contributed by atoms with E-state index in [1.54, 1.807) is 11.8 Å². The van der Waals surface area contributed by atoms with Crippen molar-refractivity contribution in [1.82, 2.24) is 5.32 Å². The topological polar surface area (TPSA) is 12.0 Å². The lowest BCUT2D eigenvalue weighted by Gasteiger charge is -2.25. The summed E-state index contributed by atoms with van der Waals surface area (Å²) in [5.41, 5.74) is 1.41. The molecule has 1 aliphatic rings. The van der Waals surface area contributed by atoms with Crippen molar-refractivity contribution in [2.45, 2.75) is 55.3 Å². The Balaban J connectivity index is 1.93. The minimum atomic E-state index is 0.457. The number of nitrogens with one attached hydrogen (secondary N) is 1. The van der Waals surface area contributed by atoms with E-state index >= 15 is 0 Å². The molecule has 1 fully saturated rings. The molecule has 19 heavy (non-hydrogen) atoms. The van der Waals surface area contributed by atoms with Crippen molar-refractivity contribution in [3.63, 3.8) is 0 Å². The second-order valence-corrected chi connectivity index (χ2v) is 7.59. The first kappa shape index (κ1) is 15.3. The maximum Gasteiger partial charge on any atom is 0.0294 e. The zero-order valence-corrected chi connectivity index (χ0v) is 13.8. The lowest BCUT2D eigenvalue weighted by Crippen LogP contribution is -2.36. The van der Waals surface area contributed by atoms with Crippen molar-refractivity contribution in [3.8, 4) is 0 Å². The van der Waals surface area contributed by atoms with Gasteiger partial charge < -0.3 is 5.32 Å². The van der Waals surface area contributed by atoms with Gasteiger partial charge in [-0.1, -0.05) is 25.5 Å². The van der Waals surface area contributed by atoms with E-state index in [0.717, 1.165) is 5.25 Å². The first-order chi connectivity index (χ1) is 9.24. The predicted octanol–water partition coefficient (Wildman–Crippen LogP) is 4.73. The molecule has 0 saturated heterocycles. The first-order valence-corrected chi connectivity index (χ1v) is 9.53. The van der Waals surface area contributed by atoms with Crippen molar-refractivity contribution in [2.75, 3.05) is 12.0 Å². The van der Waals surface area contributed by atoms with Gasteiger partial charge in [0.1, 0.15) is 0 Å². The Labute approximate surface area is 126 Å². The van der Waals surface area contributed by atoms with Crippen LogP contribution in [0.3, 0.4) is 0 Å². The Morgan fingerprint density at radius 2 is 2.00 bits per heavy atom. The number of hydrogen-bond donors (Lipinski definition) is 1. The number of benzene rings is 1. The summed E-state index contributed by atoms with van der Waals surface area (Å²) in [5, 5.41) is 4.66. The maximum absolute atomic E-state index is 3.84. The van der Waals surface area contributed by atoms with Gasteiger partial charge in [-0.3, -0.25) is 0 Å². The summed E-state index contributed by atoms with van der Waals surface area (Å²) in [6.07, 6.45) is 6.23. The van der Waals surface area contributed by atoms with E-state index in [4.69, 9.17) is 0 Å². The molecule has 3 unspecified atom stereocenters. The summed E-state index contributed by atoms with van der Waals surface area (Å²) >= 11 is 3.93. The fourth-order valence-electron chi connectivity index (χ4n) is 2.84. The standard InChI is InChI=1S/C16H25NS2/c1-4-19-16-7-5-6-15(16)17-12(2)13-8-10-14(18-3)11-9-13/h8-12,15-17H,4-7H2,1-3H3. The summed E-state index contributed by atoms with van der Waals surface area (Å²) in [6.45, 7) is 4.56. The molecule has 0 bridgehead atoms. The molecule has 1 saturated carbocycles. The van der Waals surface area contributed by atoms with Crippen LogP contribution >= 0.6 is 23.5 Å². The van der Waals surface area contributed by atoms with E-state index in [9.17, 15) is 0 Å². The van der Waals surface area contributed by atoms with Crippen LogP contribution in [0, 0.1) is 0 Å². The highest BCUT2D eigenvalue weighted by Gasteiger charge is 2.28. The first-order valence-electron chi connectivity index (χ1n) is 7.26. The normalized spacial score (nSPS) is 24.6. The molecule has 2 rings (SSSR count). The number of thioether (sulfide) groups is 2. The molecule has 1 aliphatic carbocycles. The largest absolute Gasteiger partial charge is 0.306 e. The van der Waals surface area contributed by atoms with Crippen molar-refractivity contribution >= 4 is 23.5 Å². The molecule has 106 valence electrons. The van der Waals surface area contributed by atoms with Crippen LogP contribution in [-0.4, -0.2) is 23.3 Å². The van der Waals surface area contributed by atoms with Gasteiger partial charge in [-0.2, -0.15) is 11.8 Å². The predicted molar refractivity (Wildman–Crippen MR) is 89.3 cm³/mol. The minimum absolute atomic E-state index is 0.457. The minimum Gasteiger partial charge on any atom is -0.306 e. The van der Waals surface area contributed by atoms with Crippen molar-refractivity contribution in [2.24, 2.45) is 0 Å². The van der Waals surface area contributed by atoms with Gasteiger partial charge in [0.2, 0.25) is 0 Å². The monoisotopic (exact) mass is 295 g/mol. The van der Waals surface area contributed by atoms with Gasteiger partial charge in [-0.25, -0.2) is 0 Å². The number of hydrogen-bond acceptors (Lipinski definition) is 3. The average Bonchev–Trinajstić information content (AvgIpc) is 2.86. The summed E-state index contributed by atoms with van der Waals surface area (Å²) in [6, 6.07) is 10.1. The Bertz CT molecular complexity index is 377. The molecule has 3 heteroatoms. The molecule has 1 N–H and O–H groups in total. The molecule has 1 aromatic rings. The molecule has 0 heterocycles.